The van der Waals surface area contributed by atoms with E-state index in [-0.39, 0.29) is 10.3 Å². The van der Waals surface area contributed by atoms with Gasteiger partial charge in [-0.05, 0) is 47.5 Å². The molecule has 0 N–H and O–H groups in total. The minimum absolute atomic E-state index is 0.0999. The number of ether oxygens (including phenoxy) is 1. The summed E-state index contributed by atoms with van der Waals surface area (Å²) in [4.78, 5) is 0.0999. The first-order valence-corrected chi connectivity index (χ1v) is 11.7. The summed E-state index contributed by atoms with van der Waals surface area (Å²) in [5.74, 6) is 0.928. The molecule has 1 aliphatic rings. The van der Waals surface area contributed by atoms with Gasteiger partial charge in [0.25, 0.3) is 0 Å². The molecule has 1 atom stereocenters. The molecule has 4 nitrogen and oxygen atoms in total. The summed E-state index contributed by atoms with van der Waals surface area (Å²) in [5.41, 5.74) is 1.93. The number of benzene rings is 3. The van der Waals surface area contributed by atoms with E-state index in [2.05, 4.69) is 0 Å². The molecule has 3 aromatic carbocycles. The van der Waals surface area contributed by atoms with Gasteiger partial charge in [-0.3, -0.25) is 0 Å². The Bertz CT molecular complexity index is 1070. The third kappa shape index (κ3) is 4.47. The zero-order valence-corrected chi connectivity index (χ0v) is 17.2. The number of nitrogens with zero attached hydrogens (tertiary/aromatic N) is 1. The lowest BCUT2D eigenvalue weighted by Gasteiger charge is -2.24. The van der Waals surface area contributed by atoms with Crippen LogP contribution < -0.4 is 4.74 Å². The molecule has 0 amide bonds. The summed E-state index contributed by atoms with van der Waals surface area (Å²) in [6.07, 6.45) is 0. The van der Waals surface area contributed by atoms with Gasteiger partial charge in [-0.2, -0.15) is 4.31 Å². The molecule has 3 aromatic rings. The van der Waals surface area contributed by atoms with Crippen molar-refractivity contribution in [1.82, 2.24) is 4.31 Å². The standard InChI is InChI=1S/C22H20FNO3S2/c23-19-9-11-21(12-10-19)29(25,26)24-13-14-28-22(24)18-7-4-8-20(15-18)27-16-17-5-2-1-3-6-17/h1-12,15,22H,13-14,16H2/t22-/m1/s1. The van der Waals surface area contributed by atoms with Crippen molar-refractivity contribution in [2.24, 2.45) is 0 Å². The summed E-state index contributed by atoms with van der Waals surface area (Å²) in [5, 5.41) is -0.342. The Morgan fingerprint density at radius 3 is 2.52 bits per heavy atom. The van der Waals surface area contributed by atoms with Crippen LogP contribution in [0, 0.1) is 5.82 Å². The number of hydrogen-bond donors (Lipinski definition) is 0. The van der Waals surface area contributed by atoms with Gasteiger partial charge in [-0.25, -0.2) is 12.8 Å². The summed E-state index contributed by atoms with van der Waals surface area (Å²) in [6, 6.07) is 22.4. The minimum atomic E-state index is -3.72. The second-order valence-corrected chi connectivity index (χ2v) is 9.72. The maximum atomic E-state index is 13.2. The van der Waals surface area contributed by atoms with E-state index >= 15 is 0 Å². The topological polar surface area (TPSA) is 46.6 Å². The van der Waals surface area contributed by atoms with Gasteiger partial charge in [-0.1, -0.05) is 42.5 Å². The van der Waals surface area contributed by atoms with Crippen LogP contribution in [0.15, 0.2) is 83.8 Å². The Labute approximate surface area is 174 Å². The average molecular weight is 430 g/mol. The van der Waals surface area contributed by atoms with Crippen molar-refractivity contribution < 1.29 is 17.5 Å². The number of hydrogen-bond acceptors (Lipinski definition) is 4. The Kier molecular flexibility index (Phi) is 5.89. The normalized spacial score (nSPS) is 17.3. The first kappa shape index (κ1) is 19.9. The second kappa shape index (κ2) is 8.57. The molecule has 0 aromatic heterocycles. The van der Waals surface area contributed by atoms with E-state index in [1.807, 2.05) is 54.6 Å². The number of sulfonamides is 1. The lowest BCUT2D eigenvalue weighted by molar-refractivity contribution is 0.305. The van der Waals surface area contributed by atoms with Crippen LogP contribution in [0.4, 0.5) is 4.39 Å². The molecular weight excluding hydrogens is 409 g/mol. The molecule has 1 heterocycles. The first-order valence-electron chi connectivity index (χ1n) is 9.20. The third-order valence-electron chi connectivity index (χ3n) is 4.66. The molecule has 0 radical (unpaired) electrons. The van der Waals surface area contributed by atoms with Crippen LogP contribution in [-0.2, 0) is 16.6 Å². The Morgan fingerprint density at radius 2 is 1.76 bits per heavy atom. The van der Waals surface area contributed by atoms with E-state index in [0.717, 1.165) is 11.1 Å². The van der Waals surface area contributed by atoms with Gasteiger partial charge in [0, 0.05) is 12.3 Å². The van der Waals surface area contributed by atoms with Crippen molar-refractivity contribution >= 4 is 21.8 Å². The number of thioether (sulfide) groups is 1. The molecule has 150 valence electrons. The fraction of sp³-hybridized carbons (Fsp3) is 0.182. The average Bonchev–Trinajstić information content (AvgIpc) is 3.25. The van der Waals surface area contributed by atoms with Gasteiger partial charge in [0.15, 0.2) is 0 Å². The maximum absolute atomic E-state index is 13.2. The molecule has 0 saturated carbocycles. The Hall–Kier alpha value is -2.35. The van der Waals surface area contributed by atoms with Crippen LogP contribution in [0.1, 0.15) is 16.5 Å². The predicted molar refractivity (Wildman–Crippen MR) is 113 cm³/mol. The molecule has 1 fully saturated rings. The lowest BCUT2D eigenvalue weighted by Crippen LogP contribution is -2.30. The predicted octanol–water partition coefficient (Wildman–Crippen LogP) is 4.84. The first-order chi connectivity index (χ1) is 14.0. The summed E-state index contributed by atoms with van der Waals surface area (Å²) in [6.45, 7) is 0.851. The molecule has 0 bridgehead atoms. The van der Waals surface area contributed by atoms with E-state index < -0.39 is 15.8 Å². The molecule has 29 heavy (non-hydrogen) atoms. The van der Waals surface area contributed by atoms with Crippen LogP contribution in [0.3, 0.4) is 0 Å². The van der Waals surface area contributed by atoms with Gasteiger partial charge >= 0.3 is 0 Å². The smallest absolute Gasteiger partial charge is 0.244 e. The van der Waals surface area contributed by atoms with Gasteiger partial charge in [-0.15, -0.1) is 11.8 Å². The van der Waals surface area contributed by atoms with E-state index in [1.54, 1.807) is 11.8 Å². The monoisotopic (exact) mass is 429 g/mol. The van der Waals surface area contributed by atoms with Crippen LogP contribution in [-0.4, -0.2) is 25.0 Å². The SMILES string of the molecule is O=S(=O)(c1ccc(F)cc1)N1CCS[C@@H]1c1cccc(OCc2ccccc2)c1. The van der Waals surface area contributed by atoms with Crippen molar-refractivity contribution in [2.45, 2.75) is 16.9 Å². The zero-order valence-electron chi connectivity index (χ0n) is 15.6. The molecule has 7 heteroatoms. The van der Waals surface area contributed by atoms with Crippen molar-refractivity contribution in [3.63, 3.8) is 0 Å². The number of rotatable bonds is 6. The Morgan fingerprint density at radius 1 is 1.00 bits per heavy atom. The Balaban J connectivity index is 1.55. The maximum Gasteiger partial charge on any atom is 0.244 e. The minimum Gasteiger partial charge on any atom is -0.489 e. The molecular formula is C22H20FNO3S2. The van der Waals surface area contributed by atoms with Crippen LogP contribution in [0.25, 0.3) is 0 Å². The molecule has 0 spiro atoms. The summed E-state index contributed by atoms with van der Waals surface area (Å²) >= 11 is 1.57. The van der Waals surface area contributed by atoms with E-state index in [0.29, 0.717) is 24.7 Å². The highest BCUT2D eigenvalue weighted by molar-refractivity contribution is 8.01. The van der Waals surface area contributed by atoms with Crippen LogP contribution in [0.2, 0.25) is 0 Å². The van der Waals surface area contributed by atoms with Gasteiger partial charge in [0.05, 0.1) is 10.3 Å². The largest absolute Gasteiger partial charge is 0.489 e. The highest BCUT2D eigenvalue weighted by Gasteiger charge is 2.37. The third-order valence-corrected chi connectivity index (χ3v) is 7.93. The van der Waals surface area contributed by atoms with Gasteiger partial charge in [0.2, 0.25) is 10.0 Å². The molecule has 1 saturated heterocycles. The van der Waals surface area contributed by atoms with Crippen LogP contribution >= 0.6 is 11.8 Å². The zero-order chi connectivity index (χ0) is 20.3. The fourth-order valence-corrected chi connectivity index (χ4v) is 6.43. The molecule has 0 unspecified atom stereocenters. The highest BCUT2D eigenvalue weighted by atomic mass is 32.2. The molecule has 0 aliphatic carbocycles. The van der Waals surface area contributed by atoms with Gasteiger partial charge < -0.3 is 4.74 Å². The van der Waals surface area contributed by atoms with E-state index in [9.17, 15) is 12.8 Å². The fourth-order valence-electron chi connectivity index (χ4n) is 3.20. The van der Waals surface area contributed by atoms with Crippen molar-refractivity contribution in [2.75, 3.05) is 12.3 Å². The highest BCUT2D eigenvalue weighted by Crippen LogP contribution is 2.42. The second-order valence-electron chi connectivity index (χ2n) is 6.64. The van der Waals surface area contributed by atoms with Crippen molar-refractivity contribution in [1.29, 1.82) is 0 Å². The van der Waals surface area contributed by atoms with Crippen LogP contribution in [0.5, 0.6) is 5.75 Å². The van der Waals surface area contributed by atoms with Crippen molar-refractivity contribution in [3.8, 4) is 5.75 Å². The quantitative estimate of drug-likeness (QED) is 0.563. The summed E-state index contributed by atoms with van der Waals surface area (Å²) in [7, 11) is -3.72. The van der Waals surface area contributed by atoms with E-state index in [4.69, 9.17) is 4.74 Å². The molecule has 4 rings (SSSR count). The van der Waals surface area contributed by atoms with Crippen molar-refractivity contribution in [3.05, 3.63) is 95.8 Å². The van der Waals surface area contributed by atoms with Gasteiger partial charge in [0.1, 0.15) is 18.2 Å². The number of halogens is 1. The summed E-state index contributed by atoms with van der Waals surface area (Å²) < 4.78 is 46.7. The van der Waals surface area contributed by atoms with E-state index in [1.165, 1.54) is 28.6 Å². The molecule has 1 aliphatic heterocycles. The lowest BCUT2D eigenvalue weighted by atomic mass is 10.2.